The summed E-state index contributed by atoms with van der Waals surface area (Å²) in [6.07, 6.45) is 0. The van der Waals surface area contributed by atoms with E-state index in [9.17, 15) is 9.59 Å². The fourth-order valence-corrected chi connectivity index (χ4v) is 2.77. The van der Waals surface area contributed by atoms with E-state index in [4.69, 9.17) is 0 Å². The van der Waals surface area contributed by atoms with Crippen molar-refractivity contribution < 1.29 is 0 Å². The monoisotopic (exact) mass is 192 g/mol. The molecule has 2 saturated heterocycles. The Morgan fingerprint density at radius 3 is 2.29 bits per heavy atom. The summed E-state index contributed by atoms with van der Waals surface area (Å²) in [5, 5.41) is 0. The average Bonchev–Trinajstić information content (AvgIpc) is 2.05. The molecule has 0 bridgehead atoms. The largest absolute Gasteiger partial charge is 0.367 e. The highest BCUT2D eigenvalue weighted by molar-refractivity contribution is 5.53. The molecule has 2 heterocycles. The highest BCUT2D eigenvalue weighted by atomic mass is 16.2. The molecule has 3 rings (SSSR count). The molecule has 4 heteroatoms. The summed E-state index contributed by atoms with van der Waals surface area (Å²) in [5.74, 6) is 0. The number of anilines is 1. The van der Waals surface area contributed by atoms with Crippen LogP contribution in [0.3, 0.4) is 0 Å². The summed E-state index contributed by atoms with van der Waals surface area (Å²) in [7, 11) is 2.10. The lowest BCUT2D eigenvalue weighted by atomic mass is 9.73. The van der Waals surface area contributed by atoms with Crippen molar-refractivity contribution in [3.8, 4) is 0 Å². The van der Waals surface area contributed by atoms with Gasteiger partial charge in [-0.15, -0.1) is 0 Å². The Morgan fingerprint density at radius 2 is 1.86 bits per heavy atom. The number of hydrogen-bond donors (Lipinski definition) is 0. The second kappa shape index (κ2) is 2.25. The molecule has 2 aliphatic rings. The Labute approximate surface area is 81.4 Å². The van der Waals surface area contributed by atoms with Crippen LogP contribution in [-0.2, 0) is 0 Å². The maximum atomic E-state index is 11.1. The fourth-order valence-electron chi connectivity index (χ4n) is 2.77. The molecule has 2 fully saturated rings. The molecule has 0 saturated carbocycles. The minimum atomic E-state index is -0.341. The maximum absolute atomic E-state index is 11.1. The zero-order valence-corrected chi connectivity index (χ0v) is 8.12. The first-order valence-electron chi connectivity index (χ1n) is 4.84. The Balaban J connectivity index is 1.69. The molecular weight excluding hydrogens is 180 g/mol. The number of nitrogens with zero attached hydrogens (tertiary/aromatic N) is 2. The molecule has 0 aliphatic carbocycles. The molecule has 1 spiro atoms. The van der Waals surface area contributed by atoms with Gasteiger partial charge in [0.15, 0.2) is 0 Å². The van der Waals surface area contributed by atoms with Gasteiger partial charge in [0.05, 0.1) is 5.69 Å². The maximum Gasteiger partial charge on any atom is 0.249 e. The van der Waals surface area contributed by atoms with Gasteiger partial charge in [-0.2, -0.15) is 0 Å². The van der Waals surface area contributed by atoms with Crippen molar-refractivity contribution in [3.63, 3.8) is 0 Å². The Bertz CT molecular complexity index is 444. The van der Waals surface area contributed by atoms with Crippen molar-refractivity contribution in [3.05, 3.63) is 26.5 Å². The summed E-state index contributed by atoms with van der Waals surface area (Å²) in [4.78, 5) is 26.1. The van der Waals surface area contributed by atoms with E-state index >= 15 is 0 Å². The Morgan fingerprint density at radius 1 is 1.21 bits per heavy atom. The normalized spacial score (nSPS) is 25.1. The van der Waals surface area contributed by atoms with Crippen molar-refractivity contribution in [1.29, 1.82) is 0 Å². The Kier molecular flexibility index (Phi) is 1.32. The van der Waals surface area contributed by atoms with Gasteiger partial charge in [-0.25, -0.2) is 0 Å². The molecule has 74 valence electrons. The van der Waals surface area contributed by atoms with E-state index in [0.29, 0.717) is 11.1 Å². The first-order valence-corrected chi connectivity index (χ1v) is 4.84. The predicted molar refractivity (Wildman–Crippen MR) is 53.5 cm³/mol. The molecular formula is C10H12N2O2. The second-order valence-corrected chi connectivity index (χ2v) is 4.75. The molecule has 0 radical (unpaired) electrons. The van der Waals surface area contributed by atoms with Crippen LogP contribution in [0.1, 0.15) is 0 Å². The zero-order chi connectivity index (χ0) is 9.92. The summed E-state index contributed by atoms with van der Waals surface area (Å²) in [6.45, 7) is 4.14. The van der Waals surface area contributed by atoms with Gasteiger partial charge < -0.3 is 9.80 Å². The number of likely N-dealkylation sites (tertiary alicyclic amines) is 1. The quantitative estimate of drug-likeness (QED) is 0.537. The molecule has 0 unspecified atom stereocenters. The smallest absolute Gasteiger partial charge is 0.249 e. The third-order valence-electron chi connectivity index (χ3n) is 3.33. The van der Waals surface area contributed by atoms with E-state index in [1.54, 1.807) is 0 Å². The number of hydrogen-bond acceptors (Lipinski definition) is 4. The van der Waals surface area contributed by atoms with Gasteiger partial charge in [-0.3, -0.25) is 9.59 Å². The van der Waals surface area contributed by atoms with Gasteiger partial charge in [0.25, 0.3) is 0 Å². The van der Waals surface area contributed by atoms with Crippen molar-refractivity contribution >= 4 is 5.69 Å². The standard InChI is InChI=1S/C10H12N2O2/c1-11-3-10(4-11)5-12(6-10)7-2-8(13)9(7)14/h2H,3-6H2,1H3. The van der Waals surface area contributed by atoms with Crippen LogP contribution in [0.5, 0.6) is 0 Å². The van der Waals surface area contributed by atoms with E-state index in [1.165, 1.54) is 6.07 Å². The van der Waals surface area contributed by atoms with E-state index in [0.717, 1.165) is 26.2 Å². The van der Waals surface area contributed by atoms with Crippen LogP contribution in [0.15, 0.2) is 15.7 Å². The topological polar surface area (TPSA) is 40.6 Å². The van der Waals surface area contributed by atoms with E-state index < -0.39 is 0 Å². The van der Waals surface area contributed by atoms with Crippen molar-refractivity contribution in [2.75, 3.05) is 38.1 Å². The van der Waals surface area contributed by atoms with Crippen molar-refractivity contribution in [2.45, 2.75) is 0 Å². The van der Waals surface area contributed by atoms with Gasteiger partial charge >= 0.3 is 0 Å². The van der Waals surface area contributed by atoms with Crippen LogP contribution in [0, 0.1) is 5.41 Å². The summed E-state index contributed by atoms with van der Waals surface area (Å²) >= 11 is 0. The van der Waals surface area contributed by atoms with E-state index in [2.05, 4.69) is 11.9 Å². The molecule has 0 amide bonds. The molecule has 0 aromatic heterocycles. The Hall–Kier alpha value is -1.16. The third kappa shape index (κ3) is 0.865. The predicted octanol–water partition coefficient (Wildman–Crippen LogP) is -0.966. The average molecular weight is 192 g/mol. The highest BCUT2D eigenvalue weighted by Gasteiger charge is 2.51. The molecule has 4 nitrogen and oxygen atoms in total. The van der Waals surface area contributed by atoms with Crippen LogP contribution in [0.25, 0.3) is 0 Å². The molecule has 14 heavy (non-hydrogen) atoms. The lowest BCUT2D eigenvalue weighted by Gasteiger charge is -2.60. The second-order valence-electron chi connectivity index (χ2n) is 4.75. The van der Waals surface area contributed by atoms with Gasteiger partial charge in [0.2, 0.25) is 10.9 Å². The summed E-state index contributed by atoms with van der Waals surface area (Å²) < 4.78 is 0. The van der Waals surface area contributed by atoms with Crippen LogP contribution in [0.4, 0.5) is 5.69 Å². The summed E-state index contributed by atoms with van der Waals surface area (Å²) in [5.41, 5.74) is 0.420. The first-order chi connectivity index (χ1) is 6.60. The van der Waals surface area contributed by atoms with Crippen LogP contribution in [-0.4, -0.2) is 38.1 Å². The molecule has 1 aromatic rings. The van der Waals surface area contributed by atoms with E-state index in [-0.39, 0.29) is 10.9 Å². The first kappa shape index (κ1) is 8.17. The fraction of sp³-hybridized carbons (Fsp3) is 0.600. The SMILES string of the molecule is CN1CC2(C1)CN(c1cc(=O)c1=O)C2. The number of rotatable bonds is 1. The third-order valence-corrected chi connectivity index (χ3v) is 3.33. The van der Waals surface area contributed by atoms with Gasteiger partial charge in [-0.1, -0.05) is 0 Å². The van der Waals surface area contributed by atoms with Crippen LogP contribution < -0.4 is 15.8 Å². The highest BCUT2D eigenvalue weighted by Crippen LogP contribution is 2.39. The molecule has 2 aliphatic heterocycles. The van der Waals surface area contributed by atoms with Crippen LogP contribution in [0.2, 0.25) is 0 Å². The van der Waals surface area contributed by atoms with E-state index in [1.807, 2.05) is 4.90 Å². The van der Waals surface area contributed by atoms with Gasteiger partial charge in [0.1, 0.15) is 0 Å². The minimum Gasteiger partial charge on any atom is -0.367 e. The van der Waals surface area contributed by atoms with Crippen molar-refractivity contribution in [2.24, 2.45) is 5.41 Å². The molecule has 0 N–H and O–H groups in total. The minimum absolute atomic E-state index is 0.299. The van der Waals surface area contributed by atoms with Crippen LogP contribution >= 0.6 is 0 Å². The molecule has 0 atom stereocenters. The van der Waals surface area contributed by atoms with Gasteiger partial charge in [0, 0.05) is 37.7 Å². The lowest BCUT2D eigenvalue weighted by molar-refractivity contribution is -0.00260. The van der Waals surface area contributed by atoms with Crippen molar-refractivity contribution in [1.82, 2.24) is 4.90 Å². The lowest BCUT2D eigenvalue weighted by Crippen LogP contribution is -2.72. The van der Waals surface area contributed by atoms with Gasteiger partial charge in [-0.05, 0) is 7.05 Å². The zero-order valence-electron chi connectivity index (χ0n) is 8.12. The molecule has 1 aromatic carbocycles. The summed E-state index contributed by atoms with van der Waals surface area (Å²) in [6, 6.07) is 1.46.